The van der Waals surface area contributed by atoms with Crippen LogP contribution < -0.4 is 10.6 Å². The lowest BCUT2D eigenvalue weighted by molar-refractivity contribution is 0.187. The average Bonchev–Trinajstić information content (AvgIpc) is 2.45. The maximum absolute atomic E-state index is 10.1. The number of halogens is 2. The first-order valence-electron chi connectivity index (χ1n) is 7.05. The summed E-state index contributed by atoms with van der Waals surface area (Å²) in [5.74, 6) is 0.731. The second-order valence-corrected chi connectivity index (χ2v) is 5.18. The highest BCUT2D eigenvalue weighted by molar-refractivity contribution is 14.0. The third-order valence-corrected chi connectivity index (χ3v) is 3.27. The molecule has 21 heavy (non-hydrogen) atoms. The third-order valence-electron chi connectivity index (χ3n) is 3.02. The van der Waals surface area contributed by atoms with Crippen LogP contribution in [0.1, 0.15) is 38.9 Å². The van der Waals surface area contributed by atoms with Crippen molar-refractivity contribution in [2.75, 3.05) is 13.1 Å². The van der Waals surface area contributed by atoms with Gasteiger partial charge in [0, 0.05) is 17.6 Å². The smallest absolute Gasteiger partial charge is 0.191 e. The predicted octanol–water partition coefficient (Wildman–Crippen LogP) is 3.35. The van der Waals surface area contributed by atoms with Crippen molar-refractivity contribution in [2.24, 2.45) is 4.99 Å². The van der Waals surface area contributed by atoms with Crippen LogP contribution in [0.4, 0.5) is 0 Å². The van der Waals surface area contributed by atoms with E-state index in [-0.39, 0.29) is 24.0 Å². The fourth-order valence-electron chi connectivity index (χ4n) is 1.62. The molecule has 6 heteroatoms. The van der Waals surface area contributed by atoms with Crippen LogP contribution in [0.3, 0.4) is 0 Å². The molecule has 2 unspecified atom stereocenters. The van der Waals surface area contributed by atoms with Crippen molar-refractivity contribution in [3.63, 3.8) is 0 Å². The number of guanidine groups is 1. The number of aliphatic hydroxyl groups is 1. The SMILES string of the molecule is CCNC(=NCC(O)c1ccc(Cl)cc1)NC(C)CC.I. The van der Waals surface area contributed by atoms with Crippen molar-refractivity contribution in [3.8, 4) is 0 Å². The summed E-state index contributed by atoms with van der Waals surface area (Å²) < 4.78 is 0. The summed E-state index contributed by atoms with van der Waals surface area (Å²) in [5.41, 5.74) is 0.817. The molecule has 0 bridgehead atoms. The van der Waals surface area contributed by atoms with E-state index in [1.165, 1.54) is 0 Å². The normalized spacial score (nSPS) is 14.0. The number of benzene rings is 1. The van der Waals surface area contributed by atoms with E-state index in [2.05, 4.69) is 29.5 Å². The van der Waals surface area contributed by atoms with Gasteiger partial charge in [-0.15, -0.1) is 24.0 Å². The van der Waals surface area contributed by atoms with Crippen LogP contribution in [-0.2, 0) is 0 Å². The van der Waals surface area contributed by atoms with Gasteiger partial charge in [-0.1, -0.05) is 30.7 Å². The van der Waals surface area contributed by atoms with Crippen LogP contribution in [0.2, 0.25) is 5.02 Å². The summed E-state index contributed by atoms with van der Waals surface area (Å²) in [6.45, 7) is 7.34. The molecule has 0 radical (unpaired) electrons. The number of hydrogen-bond donors (Lipinski definition) is 3. The number of nitrogens with zero attached hydrogens (tertiary/aromatic N) is 1. The molecule has 3 N–H and O–H groups in total. The van der Waals surface area contributed by atoms with Crippen LogP contribution in [-0.4, -0.2) is 30.2 Å². The van der Waals surface area contributed by atoms with Crippen LogP contribution in [0, 0.1) is 0 Å². The van der Waals surface area contributed by atoms with Gasteiger partial charge in [0.1, 0.15) is 0 Å². The molecule has 4 nitrogen and oxygen atoms in total. The molecular formula is C15H25ClIN3O. The molecule has 0 aliphatic carbocycles. The van der Waals surface area contributed by atoms with Crippen LogP contribution in [0.25, 0.3) is 0 Å². The first kappa shape index (κ1) is 20.5. The second-order valence-electron chi connectivity index (χ2n) is 4.74. The second kappa shape index (κ2) is 11.1. The molecule has 2 atom stereocenters. The molecule has 1 aromatic rings. The molecule has 0 spiro atoms. The highest BCUT2D eigenvalue weighted by atomic mass is 127. The van der Waals surface area contributed by atoms with E-state index < -0.39 is 6.10 Å². The average molecular weight is 426 g/mol. The van der Waals surface area contributed by atoms with E-state index in [0.717, 1.165) is 24.5 Å². The summed E-state index contributed by atoms with van der Waals surface area (Å²) in [6, 6.07) is 7.52. The quantitative estimate of drug-likeness (QED) is 0.372. The summed E-state index contributed by atoms with van der Waals surface area (Å²) in [5, 5.41) is 17.2. The Labute approximate surface area is 149 Å². The van der Waals surface area contributed by atoms with Gasteiger partial charge in [-0.3, -0.25) is 4.99 Å². The van der Waals surface area contributed by atoms with Gasteiger partial charge >= 0.3 is 0 Å². The van der Waals surface area contributed by atoms with Crippen molar-refractivity contribution in [3.05, 3.63) is 34.9 Å². The van der Waals surface area contributed by atoms with Crippen molar-refractivity contribution in [2.45, 2.75) is 39.3 Å². The van der Waals surface area contributed by atoms with E-state index in [1.807, 2.05) is 19.1 Å². The number of aliphatic imine (C=N–C) groups is 1. The fraction of sp³-hybridized carbons (Fsp3) is 0.533. The minimum Gasteiger partial charge on any atom is -0.386 e. The van der Waals surface area contributed by atoms with Crippen molar-refractivity contribution >= 4 is 41.5 Å². The van der Waals surface area contributed by atoms with Gasteiger partial charge in [0.2, 0.25) is 0 Å². The van der Waals surface area contributed by atoms with Gasteiger partial charge in [-0.2, -0.15) is 0 Å². The molecule has 120 valence electrons. The van der Waals surface area contributed by atoms with Crippen LogP contribution in [0.15, 0.2) is 29.3 Å². The zero-order valence-corrected chi connectivity index (χ0v) is 15.9. The van der Waals surface area contributed by atoms with E-state index in [4.69, 9.17) is 11.6 Å². The van der Waals surface area contributed by atoms with E-state index in [1.54, 1.807) is 12.1 Å². The van der Waals surface area contributed by atoms with Gasteiger partial charge in [0.25, 0.3) is 0 Å². The van der Waals surface area contributed by atoms with E-state index in [9.17, 15) is 5.11 Å². The van der Waals surface area contributed by atoms with E-state index >= 15 is 0 Å². The first-order chi connectivity index (χ1) is 9.56. The Morgan fingerprint density at radius 1 is 1.29 bits per heavy atom. The Balaban J connectivity index is 0.00000400. The molecular weight excluding hydrogens is 401 g/mol. The number of aliphatic hydroxyl groups excluding tert-OH is 1. The number of rotatable bonds is 6. The Hall–Kier alpha value is -0.530. The minimum absolute atomic E-state index is 0. The molecule has 1 aromatic carbocycles. The maximum Gasteiger partial charge on any atom is 0.191 e. The standard InChI is InChI=1S/C15H24ClN3O.HI/c1-4-11(3)19-15(17-5-2)18-10-14(20)12-6-8-13(16)9-7-12;/h6-9,11,14,20H,4-5,10H2,1-3H3,(H2,17,18,19);1H. The first-order valence-corrected chi connectivity index (χ1v) is 7.43. The molecule has 0 amide bonds. The summed E-state index contributed by atoms with van der Waals surface area (Å²) in [7, 11) is 0. The monoisotopic (exact) mass is 425 g/mol. The van der Waals surface area contributed by atoms with Crippen LogP contribution in [0.5, 0.6) is 0 Å². The van der Waals surface area contributed by atoms with Crippen molar-refractivity contribution < 1.29 is 5.11 Å². The lowest BCUT2D eigenvalue weighted by atomic mass is 10.1. The molecule has 0 aliphatic heterocycles. The molecule has 1 rings (SSSR count). The highest BCUT2D eigenvalue weighted by Crippen LogP contribution is 2.16. The molecule has 0 heterocycles. The minimum atomic E-state index is -0.625. The molecule has 0 saturated carbocycles. The molecule has 0 aromatic heterocycles. The maximum atomic E-state index is 10.1. The fourth-order valence-corrected chi connectivity index (χ4v) is 1.75. The lowest BCUT2D eigenvalue weighted by Gasteiger charge is -2.17. The van der Waals surface area contributed by atoms with Gasteiger partial charge in [0.05, 0.1) is 12.6 Å². The van der Waals surface area contributed by atoms with Gasteiger partial charge < -0.3 is 15.7 Å². The zero-order chi connectivity index (χ0) is 15.0. The molecule has 0 fully saturated rings. The highest BCUT2D eigenvalue weighted by Gasteiger charge is 2.08. The van der Waals surface area contributed by atoms with Crippen molar-refractivity contribution in [1.82, 2.24) is 10.6 Å². The summed E-state index contributed by atoms with van der Waals surface area (Å²) in [6.07, 6.45) is 0.393. The van der Waals surface area contributed by atoms with Crippen molar-refractivity contribution in [1.29, 1.82) is 0 Å². The Morgan fingerprint density at radius 2 is 1.90 bits per heavy atom. The Morgan fingerprint density at radius 3 is 2.43 bits per heavy atom. The number of nitrogens with one attached hydrogen (secondary N) is 2. The molecule has 0 aliphatic rings. The van der Waals surface area contributed by atoms with Gasteiger partial charge in [-0.25, -0.2) is 0 Å². The molecule has 0 saturated heterocycles. The van der Waals surface area contributed by atoms with Crippen LogP contribution >= 0.6 is 35.6 Å². The third kappa shape index (κ3) is 7.87. The summed E-state index contributed by atoms with van der Waals surface area (Å²) in [4.78, 5) is 4.41. The summed E-state index contributed by atoms with van der Waals surface area (Å²) >= 11 is 5.83. The Kier molecular flexibility index (Phi) is 10.8. The zero-order valence-electron chi connectivity index (χ0n) is 12.8. The lowest BCUT2D eigenvalue weighted by Crippen LogP contribution is -2.42. The van der Waals surface area contributed by atoms with Gasteiger partial charge in [-0.05, 0) is 38.0 Å². The Bertz CT molecular complexity index is 425. The topological polar surface area (TPSA) is 56.7 Å². The number of hydrogen-bond acceptors (Lipinski definition) is 2. The predicted molar refractivity (Wildman–Crippen MR) is 101 cm³/mol. The van der Waals surface area contributed by atoms with Gasteiger partial charge in [0.15, 0.2) is 5.96 Å². The largest absolute Gasteiger partial charge is 0.386 e. The van der Waals surface area contributed by atoms with E-state index in [0.29, 0.717) is 17.6 Å².